The van der Waals surface area contributed by atoms with Gasteiger partial charge in [-0.05, 0) is 34.4 Å². The summed E-state index contributed by atoms with van der Waals surface area (Å²) in [6.07, 6.45) is -0.613. The van der Waals surface area contributed by atoms with E-state index in [1.807, 2.05) is 91.0 Å². The number of hydrogen-bond donors (Lipinski definition) is 2. The molecule has 2 N–H and O–H groups in total. The zero-order valence-electron chi connectivity index (χ0n) is 20.5. The third kappa shape index (κ3) is 7.97. The molecule has 188 valence electrons. The summed E-state index contributed by atoms with van der Waals surface area (Å²) in [4.78, 5) is 26.3. The Hall–Kier alpha value is -4.58. The second-order valence-electron chi connectivity index (χ2n) is 8.79. The number of carboxylic acids is 1. The van der Waals surface area contributed by atoms with Gasteiger partial charge in [0.05, 0.1) is 0 Å². The summed E-state index contributed by atoms with van der Waals surface area (Å²) >= 11 is 0. The Labute approximate surface area is 217 Å². The van der Waals surface area contributed by atoms with Crippen LogP contribution in [0.4, 0.5) is 10.5 Å². The minimum atomic E-state index is -1.12. The third-order valence-electron chi connectivity index (χ3n) is 5.98. The van der Waals surface area contributed by atoms with Gasteiger partial charge in [0.15, 0.2) is 0 Å². The largest absolute Gasteiger partial charge is 0.480 e. The van der Waals surface area contributed by atoms with Gasteiger partial charge in [0, 0.05) is 25.2 Å². The number of nitrogens with zero attached hydrogens (tertiary/aromatic N) is 1. The predicted molar refractivity (Wildman–Crippen MR) is 144 cm³/mol. The van der Waals surface area contributed by atoms with Crippen LogP contribution in [0.5, 0.6) is 0 Å². The summed E-state index contributed by atoms with van der Waals surface area (Å²) < 4.78 is 5.19. The Bertz CT molecular complexity index is 1220. The van der Waals surface area contributed by atoms with Crippen molar-refractivity contribution in [3.8, 4) is 0 Å². The fourth-order valence-electron chi connectivity index (χ4n) is 4.03. The summed E-state index contributed by atoms with van der Waals surface area (Å²) in [5, 5.41) is 12.1. The highest BCUT2D eigenvalue weighted by atomic mass is 16.5. The quantitative estimate of drug-likeness (QED) is 0.275. The maximum atomic E-state index is 12.2. The fraction of sp³-hybridized carbons (Fsp3) is 0.161. The van der Waals surface area contributed by atoms with E-state index in [0.29, 0.717) is 0 Å². The van der Waals surface area contributed by atoms with E-state index in [2.05, 4.69) is 34.5 Å². The normalized spacial score (nSPS) is 11.4. The molecular weight excluding hydrogens is 464 g/mol. The van der Waals surface area contributed by atoms with E-state index in [4.69, 9.17) is 4.74 Å². The van der Waals surface area contributed by atoms with Gasteiger partial charge in [-0.3, -0.25) is 0 Å². The highest BCUT2D eigenvalue weighted by Gasteiger charge is 2.21. The molecule has 0 radical (unpaired) electrons. The van der Waals surface area contributed by atoms with Crippen LogP contribution in [-0.4, -0.2) is 23.2 Å². The number of benzene rings is 4. The van der Waals surface area contributed by atoms with Crippen molar-refractivity contribution in [2.45, 2.75) is 32.2 Å². The van der Waals surface area contributed by atoms with Gasteiger partial charge >= 0.3 is 12.1 Å². The summed E-state index contributed by atoms with van der Waals surface area (Å²) in [5.74, 6) is -1.12. The molecule has 1 atom stereocenters. The number of nitrogens with one attached hydrogen (secondary N) is 1. The van der Waals surface area contributed by atoms with Gasteiger partial charge < -0.3 is 20.1 Å². The van der Waals surface area contributed by atoms with Crippen molar-refractivity contribution in [3.63, 3.8) is 0 Å². The van der Waals surface area contributed by atoms with Crippen molar-refractivity contribution in [1.82, 2.24) is 5.32 Å². The van der Waals surface area contributed by atoms with Crippen LogP contribution in [0.15, 0.2) is 115 Å². The number of amides is 1. The molecule has 4 aromatic carbocycles. The summed E-state index contributed by atoms with van der Waals surface area (Å²) in [6.45, 7) is 1.55. The monoisotopic (exact) mass is 494 g/mol. The van der Waals surface area contributed by atoms with E-state index >= 15 is 0 Å². The lowest BCUT2D eigenvalue weighted by atomic mass is 10.0. The molecule has 6 heteroatoms. The molecule has 1 amide bonds. The van der Waals surface area contributed by atoms with Crippen molar-refractivity contribution in [3.05, 3.63) is 138 Å². The summed E-state index contributed by atoms with van der Waals surface area (Å²) in [5.41, 5.74) is 5.06. The molecule has 4 rings (SSSR count). The second kappa shape index (κ2) is 12.9. The lowest BCUT2D eigenvalue weighted by Gasteiger charge is -2.26. The van der Waals surface area contributed by atoms with Crippen molar-refractivity contribution in [2.75, 3.05) is 4.90 Å². The first-order chi connectivity index (χ1) is 18.1. The first-order valence-electron chi connectivity index (χ1n) is 12.2. The molecule has 0 heterocycles. The number of aliphatic carboxylic acids is 1. The van der Waals surface area contributed by atoms with E-state index in [1.54, 1.807) is 0 Å². The van der Waals surface area contributed by atoms with Crippen LogP contribution in [0.3, 0.4) is 0 Å². The molecule has 0 aliphatic carbocycles. The van der Waals surface area contributed by atoms with Crippen LogP contribution in [0.2, 0.25) is 0 Å². The van der Waals surface area contributed by atoms with Gasteiger partial charge in [-0.2, -0.15) is 0 Å². The average molecular weight is 495 g/mol. The van der Waals surface area contributed by atoms with Gasteiger partial charge in [0.1, 0.15) is 12.6 Å². The van der Waals surface area contributed by atoms with E-state index in [-0.39, 0.29) is 13.0 Å². The first kappa shape index (κ1) is 25.5. The van der Waals surface area contributed by atoms with Crippen molar-refractivity contribution >= 4 is 17.7 Å². The number of carboxylic acid groups (broad SMARTS) is 1. The number of carbonyl (C=O) groups excluding carboxylic acids is 1. The Balaban J connectivity index is 1.41. The van der Waals surface area contributed by atoms with E-state index in [9.17, 15) is 14.7 Å². The Morgan fingerprint density at radius 1 is 0.676 bits per heavy atom. The summed E-state index contributed by atoms with van der Waals surface area (Å²) in [7, 11) is 0. The number of hydrogen-bond acceptors (Lipinski definition) is 4. The second-order valence-corrected chi connectivity index (χ2v) is 8.79. The summed E-state index contributed by atoms with van der Waals surface area (Å²) in [6, 6.07) is 36.5. The van der Waals surface area contributed by atoms with E-state index < -0.39 is 18.1 Å². The van der Waals surface area contributed by atoms with Crippen molar-refractivity contribution < 1.29 is 19.4 Å². The topological polar surface area (TPSA) is 78.9 Å². The van der Waals surface area contributed by atoms with E-state index in [1.165, 1.54) is 11.1 Å². The van der Waals surface area contributed by atoms with E-state index in [0.717, 1.165) is 29.9 Å². The van der Waals surface area contributed by atoms with Gasteiger partial charge in [-0.25, -0.2) is 9.59 Å². The van der Waals surface area contributed by atoms with Crippen LogP contribution >= 0.6 is 0 Å². The molecule has 0 aliphatic rings. The third-order valence-corrected chi connectivity index (χ3v) is 5.98. The number of anilines is 1. The van der Waals surface area contributed by atoms with Crippen LogP contribution in [0, 0.1) is 0 Å². The lowest BCUT2D eigenvalue weighted by Crippen LogP contribution is -2.42. The fourth-order valence-corrected chi connectivity index (χ4v) is 4.03. The van der Waals surface area contributed by atoms with Crippen LogP contribution in [-0.2, 0) is 35.6 Å². The smallest absolute Gasteiger partial charge is 0.408 e. The maximum Gasteiger partial charge on any atom is 0.408 e. The molecule has 0 aliphatic heterocycles. The molecule has 0 aromatic heterocycles. The van der Waals surface area contributed by atoms with Gasteiger partial charge in [-0.1, -0.05) is 103 Å². The van der Waals surface area contributed by atoms with Gasteiger partial charge in [0.2, 0.25) is 0 Å². The minimum Gasteiger partial charge on any atom is -0.480 e. The van der Waals surface area contributed by atoms with Crippen LogP contribution in [0.25, 0.3) is 0 Å². The maximum absolute atomic E-state index is 12.2. The lowest BCUT2D eigenvalue weighted by molar-refractivity contribution is -0.139. The van der Waals surface area contributed by atoms with Gasteiger partial charge in [-0.15, -0.1) is 0 Å². The van der Waals surface area contributed by atoms with Crippen molar-refractivity contribution in [2.24, 2.45) is 0 Å². The average Bonchev–Trinajstić information content (AvgIpc) is 2.93. The zero-order valence-corrected chi connectivity index (χ0v) is 20.5. The molecule has 37 heavy (non-hydrogen) atoms. The number of carbonyl (C=O) groups is 2. The first-order valence-corrected chi connectivity index (χ1v) is 12.2. The Kier molecular flexibility index (Phi) is 8.92. The van der Waals surface area contributed by atoms with Crippen LogP contribution < -0.4 is 10.2 Å². The molecule has 0 spiro atoms. The molecule has 0 unspecified atom stereocenters. The zero-order chi connectivity index (χ0) is 25.9. The number of alkyl carbamates (subject to hydrolysis) is 1. The minimum absolute atomic E-state index is 0.0758. The molecule has 0 fully saturated rings. The molecular formula is C31H30N2O4. The SMILES string of the molecule is O=C(N[C@@H](Cc1ccc(N(Cc2ccccc2)Cc2ccccc2)cc1)C(=O)O)OCc1ccccc1. The highest BCUT2D eigenvalue weighted by Crippen LogP contribution is 2.22. The standard InChI is InChI=1S/C31H30N2O4/c34-30(35)29(32-31(36)37-23-27-14-8-3-9-15-27)20-24-16-18-28(19-17-24)33(21-25-10-4-1-5-11-25)22-26-12-6-2-7-13-26/h1-19,29H,20-23H2,(H,32,36)(H,34,35)/t29-/m0/s1. The molecule has 0 bridgehead atoms. The molecule has 0 saturated carbocycles. The van der Waals surface area contributed by atoms with Crippen molar-refractivity contribution in [1.29, 1.82) is 0 Å². The predicted octanol–water partition coefficient (Wildman–Crippen LogP) is 5.82. The molecule has 0 saturated heterocycles. The molecule has 4 aromatic rings. The van der Waals surface area contributed by atoms with Crippen LogP contribution in [0.1, 0.15) is 22.3 Å². The highest BCUT2D eigenvalue weighted by molar-refractivity contribution is 5.80. The number of rotatable bonds is 11. The molecule has 6 nitrogen and oxygen atoms in total. The van der Waals surface area contributed by atoms with Gasteiger partial charge in [0.25, 0.3) is 0 Å². The Morgan fingerprint density at radius 2 is 1.16 bits per heavy atom. The number of ether oxygens (including phenoxy) is 1. The Morgan fingerprint density at radius 3 is 1.65 bits per heavy atom.